The zero-order valence-electron chi connectivity index (χ0n) is 7.70. The molecule has 69 valence electrons. The first-order chi connectivity index (χ1) is 6.36. The number of benzene rings is 1. The molecular weight excluding hydrogens is 162 g/mol. The number of ether oxygens (including phenoxy) is 1. The summed E-state index contributed by atoms with van der Waals surface area (Å²) in [7, 11) is 0. The van der Waals surface area contributed by atoms with Crippen LogP contribution < -0.4 is 4.90 Å². The molecule has 1 fully saturated rings. The van der Waals surface area contributed by atoms with Crippen LogP contribution >= 0.6 is 0 Å². The van der Waals surface area contributed by atoms with Crippen molar-refractivity contribution < 1.29 is 4.74 Å². The number of hydrogen-bond acceptors (Lipinski definition) is 2. The molecule has 1 heterocycles. The van der Waals surface area contributed by atoms with Crippen molar-refractivity contribution in [2.24, 2.45) is 0 Å². The SMILES string of the molecule is [CH2]c1cccc(N2CCOCC2)c1. The van der Waals surface area contributed by atoms with E-state index in [1.54, 1.807) is 0 Å². The monoisotopic (exact) mass is 176 g/mol. The molecule has 0 aliphatic carbocycles. The summed E-state index contributed by atoms with van der Waals surface area (Å²) in [5.41, 5.74) is 2.33. The molecule has 0 atom stereocenters. The predicted molar refractivity (Wildman–Crippen MR) is 53.9 cm³/mol. The lowest BCUT2D eigenvalue weighted by Crippen LogP contribution is -2.36. The largest absolute Gasteiger partial charge is 0.378 e. The van der Waals surface area contributed by atoms with Gasteiger partial charge in [0.2, 0.25) is 0 Å². The summed E-state index contributed by atoms with van der Waals surface area (Å²) in [4.78, 5) is 2.33. The van der Waals surface area contributed by atoms with E-state index in [0.717, 1.165) is 31.9 Å². The van der Waals surface area contributed by atoms with E-state index in [-0.39, 0.29) is 0 Å². The number of morpholine rings is 1. The average molecular weight is 176 g/mol. The molecule has 1 saturated heterocycles. The van der Waals surface area contributed by atoms with Crippen LogP contribution in [0.4, 0.5) is 5.69 Å². The van der Waals surface area contributed by atoms with Crippen molar-refractivity contribution in [2.75, 3.05) is 31.2 Å². The molecule has 0 amide bonds. The Kier molecular flexibility index (Phi) is 2.50. The summed E-state index contributed by atoms with van der Waals surface area (Å²) < 4.78 is 5.29. The van der Waals surface area contributed by atoms with Gasteiger partial charge < -0.3 is 9.64 Å². The highest BCUT2D eigenvalue weighted by atomic mass is 16.5. The van der Waals surface area contributed by atoms with E-state index in [2.05, 4.69) is 24.0 Å². The first kappa shape index (κ1) is 8.57. The highest BCUT2D eigenvalue weighted by Crippen LogP contribution is 2.16. The Hall–Kier alpha value is -1.02. The van der Waals surface area contributed by atoms with Crippen molar-refractivity contribution in [3.05, 3.63) is 36.8 Å². The Morgan fingerprint density at radius 2 is 2.00 bits per heavy atom. The van der Waals surface area contributed by atoms with Gasteiger partial charge in [0.25, 0.3) is 0 Å². The van der Waals surface area contributed by atoms with E-state index in [4.69, 9.17) is 4.74 Å². The summed E-state index contributed by atoms with van der Waals surface area (Å²) in [6, 6.07) is 8.31. The van der Waals surface area contributed by atoms with Crippen molar-refractivity contribution in [3.63, 3.8) is 0 Å². The van der Waals surface area contributed by atoms with Gasteiger partial charge in [-0.25, -0.2) is 0 Å². The molecule has 2 heteroatoms. The van der Waals surface area contributed by atoms with Crippen LogP contribution in [0.1, 0.15) is 5.56 Å². The van der Waals surface area contributed by atoms with Gasteiger partial charge in [-0.2, -0.15) is 0 Å². The van der Waals surface area contributed by atoms with Crippen LogP contribution in [0.25, 0.3) is 0 Å². The van der Waals surface area contributed by atoms with E-state index in [1.165, 1.54) is 5.69 Å². The predicted octanol–water partition coefficient (Wildman–Crippen LogP) is 1.71. The van der Waals surface area contributed by atoms with Gasteiger partial charge in [0.1, 0.15) is 0 Å². The third-order valence-corrected chi connectivity index (χ3v) is 2.29. The lowest BCUT2D eigenvalue weighted by atomic mass is 10.2. The van der Waals surface area contributed by atoms with Gasteiger partial charge in [0.15, 0.2) is 0 Å². The lowest BCUT2D eigenvalue weighted by Gasteiger charge is -2.29. The van der Waals surface area contributed by atoms with Crippen LogP contribution in [0.2, 0.25) is 0 Å². The molecule has 2 nitrogen and oxygen atoms in total. The Labute approximate surface area is 79.1 Å². The van der Waals surface area contributed by atoms with Crippen LogP contribution in [0.5, 0.6) is 0 Å². The Morgan fingerprint density at radius 3 is 2.69 bits per heavy atom. The Bertz CT molecular complexity index is 279. The van der Waals surface area contributed by atoms with Crippen molar-refractivity contribution in [1.29, 1.82) is 0 Å². The average Bonchev–Trinajstić information content (AvgIpc) is 2.19. The first-order valence-corrected chi connectivity index (χ1v) is 4.61. The molecule has 2 rings (SSSR count). The maximum Gasteiger partial charge on any atom is 0.0642 e. The minimum Gasteiger partial charge on any atom is -0.378 e. The molecule has 0 unspecified atom stereocenters. The van der Waals surface area contributed by atoms with E-state index in [1.807, 2.05) is 12.1 Å². The maximum atomic E-state index is 5.29. The van der Waals surface area contributed by atoms with Crippen LogP contribution in [0, 0.1) is 6.92 Å². The highest BCUT2D eigenvalue weighted by Gasteiger charge is 2.10. The third-order valence-electron chi connectivity index (χ3n) is 2.29. The number of rotatable bonds is 1. The summed E-state index contributed by atoms with van der Waals surface area (Å²) >= 11 is 0. The summed E-state index contributed by atoms with van der Waals surface area (Å²) in [6.45, 7) is 7.57. The fourth-order valence-electron chi connectivity index (χ4n) is 1.57. The quantitative estimate of drug-likeness (QED) is 0.646. The molecule has 0 spiro atoms. The van der Waals surface area contributed by atoms with Crippen LogP contribution in [0.3, 0.4) is 0 Å². The molecule has 1 aromatic rings. The molecule has 0 N–H and O–H groups in total. The van der Waals surface area contributed by atoms with E-state index >= 15 is 0 Å². The van der Waals surface area contributed by atoms with Crippen molar-refractivity contribution in [1.82, 2.24) is 0 Å². The number of hydrogen-bond donors (Lipinski definition) is 0. The summed E-state index contributed by atoms with van der Waals surface area (Å²) in [5, 5.41) is 0. The zero-order chi connectivity index (χ0) is 9.10. The molecule has 0 saturated carbocycles. The Morgan fingerprint density at radius 1 is 1.23 bits per heavy atom. The minimum absolute atomic E-state index is 0.835. The second-order valence-electron chi connectivity index (χ2n) is 3.27. The molecule has 1 radical (unpaired) electrons. The maximum absolute atomic E-state index is 5.29. The van der Waals surface area contributed by atoms with Gasteiger partial charge in [-0.15, -0.1) is 0 Å². The van der Waals surface area contributed by atoms with Crippen molar-refractivity contribution in [3.8, 4) is 0 Å². The van der Waals surface area contributed by atoms with E-state index in [0.29, 0.717) is 0 Å². The topological polar surface area (TPSA) is 12.5 Å². The van der Waals surface area contributed by atoms with Gasteiger partial charge in [-0.3, -0.25) is 0 Å². The second kappa shape index (κ2) is 3.79. The Balaban J connectivity index is 2.14. The van der Waals surface area contributed by atoms with Crippen LogP contribution in [-0.4, -0.2) is 26.3 Å². The fraction of sp³-hybridized carbons (Fsp3) is 0.364. The standard InChI is InChI=1S/C11H14NO/c1-10-3-2-4-11(9-10)12-5-7-13-8-6-12/h2-4,9H,1,5-8H2. The van der Waals surface area contributed by atoms with Crippen molar-refractivity contribution in [2.45, 2.75) is 0 Å². The van der Waals surface area contributed by atoms with Gasteiger partial charge >= 0.3 is 0 Å². The van der Waals surface area contributed by atoms with Gasteiger partial charge in [-0.1, -0.05) is 12.1 Å². The number of nitrogens with zero attached hydrogens (tertiary/aromatic N) is 1. The molecule has 13 heavy (non-hydrogen) atoms. The molecule has 0 aromatic heterocycles. The van der Waals surface area contributed by atoms with E-state index < -0.39 is 0 Å². The highest BCUT2D eigenvalue weighted by molar-refractivity contribution is 5.49. The minimum atomic E-state index is 0.835. The fourth-order valence-corrected chi connectivity index (χ4v) is 1.57. The van der Waals surface area contributed by atoms with Gasteiger partial charge in [0, 0.05) is 18.8 Å². The smallest absolute Gasteiger partial charge is 0.0642 e. The van der Waals surface area contributed by atoms with Crippen molar-refractivity contribution >= 4 is 5.69 Å². The summed E-state index contributed by atoms with van der Waals surface area (Å²) in [5.74, 6) is 0. The molecular formula is C11H14NO. The summed E-state index contributed by atoms with van der Waals surface area (Å²) in [6.07, 6.45) is 0. The molecule has 1 aliphatic heterocycles. The van der Waals surface area contributed by atoms with E-state index in [9.17, 15) is 0 Å². The second-order valence-corrected chi connectivity index (χ2v) is 3.27. The van der Waals surface area contributed by atoms with Crippen LogP contribution in [0.15, 0.2) is 24.3 Å². The molecule has 0 bridgehead atoms. The lowest BCUT2D eigenvalue weighted by molar-refractivity contribution is 0.122. The van der Waals surface area contributed by atoms with Gasteiger partial charge in [0.05, 0.1) is 13.2 Å². The van der Waals surface area contributed by atoms with Gasteiger partial charge in [-0.05, 0) is 24.6 Å². The van der Waals surface area contributed by atoms with Crippen LogP contribution in [-0.2, 0) is 4.74 Å². The molecule has 1 aromatic carbocycles. The molecule has 1 aliphatic rings. The number of anilines is 1. The zero-order valence-corrected chi connectivity index (χ0v) is 7.70. The third kappa shape index (κ3) is 2.01. The normalized spacial score (nSPS) is 17.5. The first-order valence-electron chi connectivity index (χ1n) is 4.61.